The predicted octanol–water partition coefficient (Wildman–Crippen LogP) is 4.16. The highest BCUT2D eigenvalue weighted by Gasteiger charge is 2.23. The lowest BCUT2D eigenvalue weighted by molar-refractivity contribution is -0.123. The summed E-state index contributed by atoms with van der Waals surface area (Å²) in [6.45, 7) is 4.24. The Labute approximate surface area is 226 Å². The van der Waals surface area contributed by atoms with Gasteiger partial charge in [-0.05, 0) is 41.5 Å². The van der Waals surface area contributed by atoms with E-state index < -0.39 is 11.9 Å². The van der Waals surface area contributed by atoms with E-state index in [1.165, 1.54) is 12.1 Å². The van der Waals surface area contributed by atoms with Gasteiger partial charge < -0.3 is 20.5 Å². The molecular formula is C28H29Cl2N3O4. The molecule has 3 N–H and O–H groups in total. The maximum Gasteiger partial charge on any atom is 0.251 e. The van der Waals surface area contributed by atoms with Crippen molar-refractivity contribution in [2.75, 3.05) is 39.4 Å². The first-order valence-electron chi connectivity index (χ1n) is 12.1. The molecule has 0 unspecified atom stereocenters. The average Bonchev–Trinajstić information content (AvgIpc) is 2.91. The summed E-state index contributed by atoms with van der Waals surface area (Å²) in [6.07, 6.45) is 0.341. The fourth-order valence-electron chi connectivity index (χ4n) is 4.16. The van der Waals surface area contributed by atoms with Crippen LogP contribution in [0.5, 0.6) is 5.75 Å². The minimum Gasteiger partial charge on any atom is -0.507 e. The van der Waals surface area contributed by atoms with Crippen LogP contribution < -0.4 is 10.6 Å². The molecule has 1 aliphatic rings. The molecule has 0 aromatic heterocycles. The largest absolute Gasteiger partial charge is 0.507 e. The van der Waals surface area contributed by atoms with Gasteiger partial charge in [0.2, 0.25) is 5.91 Å². The normalized spacial score (nSPS) is 14.6. The fraction of sp³-hybridized carbons (Fsp3) is 0.286. The Hall–Kier alpha value is -3.10. The van der Waals surface area contributed by atoms with E-state index in [2.05, 4.69) is 15.5 Å². The molecule has 7 nitrogen and oxygen atoms in total. The number of halogens is 2. The van der Waals surface area contributed by atoms with Gasteiger partial charge in [0.25, 0.3) is 5.91 Å². The number of rotatable bonds is 9. The summed E-state index contributed by atoms with van der Waals surface area (Å²) in [5.74, 6) is -0.684. The summed E-state index contributed by atoms with van der Waals surface area (Å²) in [6, 6.07) is 18.3. The highest BCUT2D eigenvalue weighted by atomic mass is 35.5. The number of carbonyl (C=O) groups is 2. The Balaban J connectivity index is 1.48. The zero-order chi connectivity index (χ0) is 26.2. The molecule has 1 fully saturated rings. The highest BCUT2D eigenvalue weighted by molar-refractivity contribution is 6.42. The maximum atomic E-state index is 13.2. The lowest BCUT2D eigenvalue weighted by Crippen LogP contribution is -2.50. The van der Waals surface area contributed by atoms with E-state index >= 15 is 0 Å². The van der Waals surface area contributed by atoms with Crippen LogP contribution in [0.3, 0.4) is 0 Å². The van der Waals surface area contributed by atoms with Crippen LogP contribution in [0.4, 0.5) is 0 Å². The van der Waals surface area contributed by atoms with Gasteiger partial charge in [-0.2, -0.15) is 0 Å². The second-order valence-corrected chi connectivity index (χ2v) is 9.64. The van der Waals surface area contributed by atoms with Gasteiger partial charge in [-0.1, -0.05) is 59.6 Å². The van der Waals surface area contributed by atoms with Crippen molar-refractivity contribution in [3.63, 3.8) is 0 Å². The molecule has 0 saturated carbocycles. The van der Waals surface area contributed by atoms with Crippen molar-refractivity contribution in [2.24, 2.45) is 0 Å². The summed E-state index contributed by atoms with van der Waals surface area (Å²) in [5.41, 5.74) is 2.28. The van der Waals surface area contributed by atoms with Crippen LogP contribution in [0, 0.1) is 0 Å². The second kappa shape index (κ2) is 12.9. The molecule has 1 saturated heterocycles. The predicted molar refractivity (Wildman–Crippen MR) is 145 cm³/mol. The van der Waals surface area contributed by atoms with Crippen molar-refractivity contribution < 1.29 is 19.4 Å². The van der Waals surface area contributed by atoms with Gasteiger partial charge in [0.15, 0.2) is 0 Å². The Morgan fingerprint density at radius 1 is 0.973 bits per heavy atom. The number of aromatic hydroxyl groups is 1. The molecule has 1 heterocycles. The minimum atomic E-state index is -0.776. The quantitative estimate of drug-likeness (QED) is 0.378. The molecule has 3 aromatic rings. The SMILES string of the molecule is O=C(N[C@@H](Cc1ccccc1)C(=O)NCCN1CCOCC1)c1ccc(O)c(-c2ccc(Cl)c(Cl)c2)c1. The van der Waals surface area contributed by atoms with Gasteiger partial charge in [-0.25, -0.2) is 0 Å². The van der Waals surface area contributed by atoms with Crippen LogP contribution in [-0.2, 0) is 16.0 Å². The van der Waals surface area contributed by atoms with Crippen LogP contribution in [0.1, 0.15) is 15.9 Å². The van der Waals surface area contributed by atoms with E-state index in [0.29, 0.717) is 59.5 Å². The monoisotopic (exact) mass is 541 g/mol. The molecule has 194 valence electrons. The molecule has 0 radical (unpaired) electrons. The summed E-state index contributed by atoms with van der Waals surface area (Å²) in [5, 5.41) is 17.0. The number of carbonyl (C=O) groups excluding carboxylic acids is 2. The molecule has 4 rings (SSSR count). The van der Waals surface area contributed by atoms with Gasteiger partial charge in [0.05, 0.1) is 23.3 Å². The van der Waals surface area contributed by atoms with E-state index in [1.54, 1.807) is 24.3 Å². The zero-order valence-corrected chi connectivity index (χ0v) is 21.8. The van der Waals surface area contributed by atoms with Crippen molar-refractivity contribution in [3.05, 3.63) is 87.9 Å². The van der Waals surface area contributed by atoms with Crippen LogP contribution in [-0.4, -0.2) is 67.3 Å². The Morgan fingerprint density at radius 3 is 2.46 bits per heavy atom. The first kappa shape index (κ1) is 26.9. The number of nitrogens with zero attached hydrogens (tertiary/aromatic N) is 1. The van der Waals surface area contributed by atoms with Crippen LogP contribution in [0.15, 0.2) is 66.7 Å². The van der Waals surface area contributed by atoms with Crippen molar-refractivity contribution in [3.8, 4) is 16.9 Å². The molecule has 37 heavy (non-hydrogen) atoms. The lowest BCUT2D eigenvalue weighted by atomic mass is 10.0. The Kier molecular flexibility index (Phi) is 9.41. The molecule has 0 aliphatic carbocycles. The third kappa shape index (κ3) is 7.46. The number of phenols is 1. The molecule has 0 spiro atoms. The standard InChI is InChI=1S/C28H29Cl2N3O4/c29-23-8-6-20(18-24(23)30)22-17-21(7-9-26(22)34)27(35)32-25(16-19-4-2-1-3-5-19)28(36)31-10-11-33-12-14-37-15-13-33/h1-9,17-18,25,34H,10-16H2,(H,31,36)(H,32,35)/t25-/m0/s1. The van der Waals surface area contributed by atoms with Crippen LogP contribution in [0.2, 0.25) is 10.0 Å². The van der Waals surface area contributed by atoms with E-state index in [-0.39, 0.29) is 11.7 Å². The number of phenolic OH excluding ortho intramolecular Hbond substituents is 1. The number of hydrogen-bond acceptors (Lipinski definition) is 5. The van der Waals surface area contributed by atoms with E-state index in [9.17, 15) is 14.7 Å². The van der Waals surface area contributed by atoms with Crippen molar-refractivity contribution in [1.29, 1.82) is 0 Å². The molecule has 1 atom stereocenters. The first-order chi connectivity index (χ1) is 17.9. The van der Waals surface area contributed by atoms with E-state index in [4.69, 9.17) is 27.9 Å². The van der Waals surface area contributed by atoms with Crippen molar-refractivity contribution in [2.45, 2.75) is 12.5 Å². The smallest absolute Gasteiger partial charge is 0.251 e. The zero-order valence-electron chi connectivity index (χ0n) is 20.3. The number of morpholine rings is 1. The first-order valence-corrected chi connectivity index (χ1v) is 12.9. The number of benzene rings is 3. The van der Waals surface area contributed by atoms with Crippen LogP contribution in [0.25, 0.3) is 11.1 Å². The molecule has 1 aliphatic heterocycles. The summed E-state index contributed by atoms with van der Waals surface area (Å²) < 4.78 is 5.37. The van der Waals surface area contributed by atoms with Gasteiger partial charge in [0.1, 0.15) is 11.8 Å². The Bertz CT molecular complexity index is 1230. The number of nitrogens with one attached hydrogen (secondary N) is 2. The summed E-state index contributed by atoms with van der Waals surface area (Å²) in [4.78, 5) is 28.6. The average molecular weight is 542 g/mol. The third-order valence-corrected chi connectivity index (χ3v) is 6.96. The molecule has 3 aromatic carbocycles. The van der Waals surface area contributed by atoms with Crippen molar-refractivity contribution >= 4 is 35.0 Å². The van der Waals surface area contributed by atoms with Gasteiger partial charge in [-0.3, -0.25) is 14.5 Å². The summed E-state index contributed by atoms with van der Waals surface area (Å²) >= 11 is 12.2. The second-order valence-electron chi connectivity index (χ2n) is 8.82. The van der Waals surface area contributed by atoms with Gasteiger partial charge >= 0.3 is 0 Å². The van der Waals surface area contributed by atoms with E-state index in [0.717, 1.165) is 18.7 Å². The number of hydrogen-bond donors (Lipinski definition) is 3. The van der Waals surface area contributed by atoms with Gasteiger partial charge in [0, 0.05) is 43.7 Å². The van der Waals surface area contributed by atoms with Gasteiger partial charge in [-0.15, -0.1) is 0 Å². The third-order valence-electron chi connectivity index (χ3n) is 6.22. The molecule has 9 heteroatoms. The lowest BCUT2D eigenvalue weighted by Gasteiger charge is -2.27. The Morgan fingerprint density at radius 2 is 1.73 bits per heavy atom. The fourth-order valence-corrected chi connectivity index (χ4v) is 4.46. The molecule has 2 amide bonds. The highest BCUT2D eigenvalue weighted by Crippen LogP contribution is 2.34. The summed E-state index contributed by atoms with van der Waals surface area (Å²) in [7, 11) is 0. The van der Waals surface area contributed by atoms with Crippen LogP contribution >= 0.6 is 23.2 Å². The topological polar surface area (TPSA) is 90.9 Å². The maximum absolute atomic E-state index is 13.2. The minimum absolute atomic E-state index is 0.00312. The van der Waals surface area contributed by atoms with E-state index in [1.807, 2.05) is 30.3 Å². The number of ether oxygens (including phenoxy) is 1. The number of amides is 2. The molecular weight excluding hydrogens is 513 g/mol. The molecule has 0 bridgehead atoms. The van der Waals surface area contributed by atoms with Crippen molar-refractivity contribution in [1.82, 2.24) is 15.5 Å².